The van der Waals surface area contributed by atoms with E-state index in [1.165, 1.54) is 30.6 Å². The van der Waals surface area contributed by atoms with E-state index in [2.05, 4.69) is 31.5 Å². The highest BCUT2D eigenvalue weighted by Gasteiger charge is 2.48. The molecule has 4 N–H and O–H groups in total. The normalized spacial score (nSPS) is 21.6. The number of amides is 2. The van der Waals surface area contributed by atoms with E-state index in [4.69, 9.17) is 16.9 Å². The zero-order valence-corrected chi connectivity index (χ0v) is 21.6. The Balaban J connectivity index is 1.86. The molecule has 0 fully saturated rings. The minimum Gasteiger partial charge on any atom is -0.463 e. The van der Waals surface area contributed by atoms with E-state index >= 15 is 4.39 Å². The summed E-state index contributed by atoms with van der Waals surface area (Å²) in [7, 11) is 0. The summed E-state index contributed by atoms with van der Waals surface area (Å²) in [6.07, 6.45) is 7.85. The highest BCUT2D eigenvalue weighted by molar-refractivity contribution is 8.15. The smallest absolute Gasteiger partial charge is 0.275 e. The molecule has 0 unspecified atom stereocenters. The average molecular weight is 513 g/mol. The molecule has 1 aliphatic rings. The molecule has 1 aromatic carbocycles. The zero-order valence-electron chi connectivity index (χ0n) is 20.8. The van der Waals surface area contributed by atoms with Crippen LogP contribution >= 0.6 is 11.8 Å². The number of halogens is 1. The van der Waals surface area contributed by atoms with Crippen LogP contribution in [-0.2, 0) is 10.3 Å². The van der Waals surface area contributed by atoms with Crippen LogP contribution in [0.3, 0.4) is 0 Å². The number of anilines is 1. The van der Waals surface area contributed by atoms with Crippen LogP contribution < -0.4 is 21.1 Å². The maximum absolute atomic E-state index is 15.1. The Bertz CT molecular complexity index is 1240. The van der Waals surface area contributed by atoms with Gasteiger partial charge in [0.15, 0.2) is 11.8 Å². The maximum Gasteiger partial charge on any atom is 0.275 e. The summed E-state index contributed by atoms with van der Waals surface area (Å²) in [5, 5.41) is 5.83. The Morgan fingerprint density at radius 2 is 2.00 bits per heavy atom. The van der Waals surface area contributed by atoms with Crippen molar-refractivity contribution in [1.29, 1.82) is 0 Å². The molecule has 0 radical (unpaired) electrons. The average Bonchev–Trinajstić information content (AvgIpc) is 2.77. The van der Waals surface area contributed by atoms with Gasteiger partial charge in [0, 0.05) is 23.2 Å². The number of nitrogens with two attached hydrogens (primary N) is 1. The minimum absolute atomic E-state index is 0.0275. The number of amidine groups is 1. The number of nitrogens with zero attached hydrogens (tertiary/aromatic N) is 3. The van der Waals surface area contributed by atoms with Gasteiger partial charge in [-0.2, -0.15) is 0 Å². The van der Waals surface area contributed by atoms with Crippen LogP contribution in [-0.4, -0.2) is 43.8 Å². The monoisotopic (exact) mass is 512 g/mol. The molecule has 2 atom stereocenters. The molecule has 36 heavy (non-hydrogen) atoms. The molecule has 2 heterocycles. The van der Waals surface area contributed by atoms with E-state index < -0.39 is 27.5 Å². The van der Waals surface area contributed by atoms with Crippen LogP contribution in [0.4, 0.5) is 10.1 Å². The van der Waals surface area contributed by atoms with Gasteiger partial charge in [-0.05, 0) is 52.8 Å². The third-order valence-corrected chi connectivity index (χ3v) is 6.39. The lowest BCUT2D eigenvalue weighted by Crippen LogP contribution is -2.54. The van der Waals surface area contributed by atoms with Crippen molar-refractivity contribution < 1.29 is 18.7 Å². The fourth-order valence-electron chi connectivity index (χ4n) is 3.82. The van der Waals surface area contributed by atoms with Crippen LogP contribution in [0.5, 0.6) is 5.88 Å². The molecular formula is C25H29FN6O3S. The summed E-state index contributed by atoms with van der Waals surface area (Å²) in [5.41, 5.74) is 5.06. The molecule has 9 nitrogen and oxygen atoms in total. The second-order valence-corrected chi connectivity index (χ2v) is 11.3. The van der Waals surface area contributed by atoms with Gasteiger partial charge in [-0.3, -0.25) is 14.6 Å². The summed E-state index contributed by atoms with van der Waals surface area (Å²) < 4.78 is 19.2. The first-order valence-electron chi connectivity index (χ1n) is 11.1. The van der Waals surface area contributed by atoms with Gasteiger partial charge in [0.25, 0.3) is 5.91 Å². The predicted molar refractivity (Wildman–Crippen MR) is 138 cm³/mol. The quantitative estimate of drug-likeness (QED) is 0.507. The third-order valence-electron chi connectivity index (χ3n) is 5.31. The number of aliphatic imine (C=N–C) groups is 1. The molecular weight excluding hydrogens is 483 g/mol. The van der Waals surface area contributed by atoms with E-state index in [1.807, 2.05) is 20.8 Å². The summed E-state index contributed by atoms with van der Waals surface area (Å²) in [6, 6.07) is 4.15. The van der Waals surface area contributed by atoms with Gasteiger partial charge in [0.2, 0.25) is 11.8 Å². The fourth-order valence-corrected chi connectivity index (χ4v) is 5.02. The highest BCUT2D eigenvalue weighted by atomic mass is 32.2. The minimum atomic E-state index is -1.15. The molecule has 2 amide bonds. The van der Waals surface area contributed by atoms with Crippen molar-refractivity contribution in [3.8, 4) is 18.2 Å². The van der Waals surface area contributed by atoms with Crippen LogP contribution in [0.2, 0.25) is 0 Å². The van der Waals surface area contributed by atoms with Crippen LogP contribution in [0.15, 0.2) is 35.6 Å². The van der Waals surface area contributed by atoms with Crippen molar-refractivity contribution in [3.05, 3.63) is 47.7 Å². The van der Waals surface area contributed by atoms with E-state index in [0.29, 0.717) is 5.69 Å². The molecule has 0 spiro atoms. The summed E-state index contributed by atoms with van der Waals surface area (Å²) in [4.78, 5) is 38.3. The van der Waals surface area contributed by atoms with Crippen molar-refractivity contribution in [2.75, 3.05) is 11.9 Å². The number of ether oxygens (including phenoxy) is 1. The van der Waals surface area contributed by atoms with Crippen LogP contribution in [0, 0.1) is 18.2 Å². The maximum atomic E-state index is 15.1. The van der Waals surface area contributed by atoms with Gasteiger partial charge < -0.3 is 21.1 Å². The van der Waals surface area contributed by atoms with Gasteiger partial charge in [0.05, 0.1) is 17.9 Å². The Kier molecular flexibility index (Phi) is 7.59. The molecule has 1 aliphatic heterocycles. The highest BCUT2D eigenvalue weighted by Crippen LogP contribution is 2.46. The first-order chi connectivity index (χ1) is 16.7. The first kappa shape index (κ1) is 26.9. The Morgan fingerprint density at radius 1 is 1.28 bits per heavy atom. The second kappa shape index (κ2) is 10.1. The largest absolute Gasteiger partial charge is 0.463 e. The van der Waals surface area contributed by atoms with Gasteiger partial charge in [-0.25, -0.2) is 14.4 Å². The first-order valence-corrected chi connectivity index (χ1v) is 11.9. The van der Waals surface area contributed by atoms with Gasteiger partial charge in [0.1, 0.15) is 16.3 Å². The summed E-state index contributed by atoms with van der Waals surface area (Å²) in [6.45, 7) is 9.15. The van der Waals surface area contributed by atoms with E-state index in [0.717, 1.165) is 11.8 Å². The Labute approximate surface area is 213 Å². The molecule has 0 aliphatic carbocycles. The number of benzene rings is 1. The van der Waals surface area contributed by atoms with Gasteiger partial charge in [-0.15, -0.1) is 6.42 Å². The molecule has 2 aromatic rings. The number of rotatable bonds is 6. The number of thioether (sulfide) groups is 1. The number of aromatic nitrogens is 2. The van der Waals surface area contributed by atoms with Crippen molar-refractivity contribution in [2.45, 2.75) is 56.9 Å². The van der Waals surface area contributed by atoms with E-state index in [-0.39, 0.29) is 41.2 Å². The van der Waals surface area contributed by atoms with Crippen LogP contribution in [0.1, 0.15) is 57.1 Å². The number of nitrogens with one attached hydrogen (secondary N) is 2. The summed E-state index contributed by atoms with van der Waals surface area (Å²) in [5.74, 6) is 1.19. The predicted octanol–water partition coefficient (Wildman–Crippen LogP) is 3.22. The van der Waals surface area contributed by atoms with Crippen molar-refractivity contribution in [3.63, 3.8) is 0 Å². The lowest BCUT2D eigenvalue weighted by molar-refractivity contribution is -0.125. The van der Waals surface area contributed by atoms with Crippen molar-refractivity contribution in [1.82, 2.24) is 15.3 Å². The summed E-state index contributed by atoms with van der Waals surface area (Å²) >= 11 is 1.15. The lowest BCUT2D eigenvalue weighted by Gasteiger charge is -2.41. The third kappa shape index (κ3) is 6.31. The molecule has 190 valence electrons. The molecule has 11 heteroatoms. The van der Waals surface area contributed by atoms with Crippen molar-refractivity contribution in [2.24, 2.45) is 10.7 Å². The number of carbonyl (C=O) groups is 2. The number of hydrogen-bond donors (Lipinski definition) is 3. The molecule has 0 saturated carbocycles. The fraction of sp³-hybridized carbons (Fsp3) is 0.400. The Hall–Kier alpha value is -3.65. The van der Waals surface area contributed by atoms with E-state index in [9.17, 15) is 9.59 Å². The second-order valence-electron chi connectivity index (χ2n) is 9.82. The molecule has 1 aromatic heterocycles. The number of hydrogen-bond acceptors (Lipinski definition) is 8. The standard InChI is InChI=1S/C25H29FN6O3S/c1-7-10-35-19-13-28-18(12-29-19)20(33)30-15-8-9-17(26)16(11-15)24(5)14-25(6,36-22(27)32-24)21(34)31-23(2,3)4/h1,8-9,11-13H,10,14H2,2-6H3,(H2,27,32)(H,30,33)(H,31,34)/t24-,25+/m0/s1. The van der Waals surface area contributed by atoms with Gasteiger partial charge in [-0.1, -0.05) is 17.7 Å². The molecule has 0 saturated heterocycles. The number of carbonyl (C=O) groups excluding carboxylic acids is 2. The Morgan fingerprint density at radius 3 is 2.61 bits per heavy atom. The van der Waals surface area contributed by atoms with Crippen LogP contribution in [0.25, 0.3) is 0 Å². The topological polar surface area (TPSA) is 132 Å². The molecule has 3 rings (SSSR count). The zero-order chi connectivity index (χ0) is 26.7. The van der Waals surface area contributed by atoms with Gasteiger partial charge >= 0.3 is 0 Å². The SMILES string of the molecule is C#CCOc1cnc(C(=O)Nc2ccc(F)c([C@]3(C)C[C@](C)(C(=O)NC(C)(C)C)SC(N)=N3)c2)cn1. The molecule has 0 bridgehead atoms. The van der Waals surface area contributed by atoms with E-state index in [1.54, 1.807) is 13.8 Å². The number of terminal acetylenes is 1. The van der Waals surface area contributed by atoms with Crippen molar-refractivity contribution >= 4 is 34.4 Å². The lowest BCUT2D eigenvalue weighted by atomic mass is 9.82.